The first-order valence-corrected chi connectivity index (χ1v) is 5.80. The lowest BCUT2D eigenvalue weighted by atomic mass is 10.1. The van der Waals surface area contributed by atoms with Crippen molar-refractivity contribution in [3.8, 4) is 0 Å². The Balaban J connectivity index is 2.50. The second-order valence-electron chi connectivity index (χ2n) is 3.98. The summed E-state index contributed by atoms with van der Waals surface area (Å²) in [5.41, 5.74) is 1.81. The van der Waals surface area contributed by atoms with E-state index in [1.165, 1.54) is 6.92 Å². The molecule has 1 atom stereocenters. The first-order chi connectivity index (χ1) is 8.40. The molecule has 1 unspecified atom stereocenters. The zero-order valence-corrected chi connectivity index (χ0v) is 10.9. The van der Waals surface area contributed by atoms with E-state index in [4.69, 9.17) is 16.7 Å². The van der Waals surface area contributed by atoms with Gasteiger partial charge in [-0.2, -0.15) is 0 Å². The first-order valence-electron chi connectivity index (χ1n) is 5.42. The lowest BCUT2D eigenvalue weighted by molar-refractivity contribution is -0.138. The Hall–Kier alpha value is -1.75. The zero-order valence-electron chi connectivity index (χ0n) is 10.2. The molecule has 0 radical (unpaired) electrons. The van der Waals surface area contributed by atoms with Crippen LogP contribution in [-0.4, -0.2) is 23.1 Å². The van der Waals surface area contributed by atoms with Crippen molar-refractivity contribution in [2.75, 3.05) is 0 Å². The highest BCUT2D eigenvalue weighted by Crippen LogP contribution is 2.17. The summed E-state index contributed by atoms with van der Waals surface area (Å²) >= 11 is 6.00. The quantitative estimate of drug-likeness (QED) is 0.782. The van der Waals surface area contributed by atoms with E-state index in [-0.39, 0.29) is 6.54 Å². The summed E-state index contributed by atoms with van der Waals surface area (Å²) in [4.78, 5) is 21.9. The lowest BCUT2D eigenvalue weighted by Gasteiger charge is -2.11. The second-order valence-corrected chi connectivity index (χ2v) is 4.39. The van der Waals surface area contributed by atoms with Crippen LogP contribution in [0.15, 0.2) is 18.2 Å². The maximum Gasteiger partial charge on any atom is 0.325 e. The average molecular weight is 271 g/mol. The maximum absolute atomic E-state index is 11.4. The fraction of sp³-hybridized carbons (Fsp3) is 0.333. The van der Waals surface area contributed by atoms with Gasteiger partial charge in [0.05, 0.1) is 0 Å². The Morgan fingerprint density at radius 2 is 2.11 bits per heavy atom. The van der Waals surface area contributed by atoms with E-state index in [1.54, 1.807) is 6.07 Å². The van der Waals surface area contributed by atoms with Crippen LogP contribution in [0, 0.1) is 6.92 Å². The summed E-state index contributed by atoms with van der Waals surface area (Å²) in [5.74, 6) is -1.08. The second kappa shape index (κ2) is 6.26. The third-order valence-corrected chi connectivity index (χ3v) is 2.72. The van der Waals surface area contributed by atoms with Gasteiger partial charge in [-0.1, -0.05) is 23.7 Å². The van der Waals surface area contributed by atoms with Crippen molar-refractivity contribution in [2.24, 2.45) is 0 Å². The van der Waals surface area contributed by atoms with E-state index in [0.29, 0.717) is 5.02 Å². The topological polar surface area (TPSA) is 78.4 Å². The van der Waals surface area contributed by atoms with Gasteiger partial charge in [0, 0.05) is 11.6 Å². The summed E-state index contributed by atoms with van der Waals surface area (Å²) in [7, 11) is 0. The number of aliphatic carboxylic acids is 1. The van der Waals surface area contributed by atoms with Crippen molar-refractivity contribution in [2.45, 2.75) is 26.4 Å². The maximum atomic E-state index is 11.4. The number of benzene rings is 1. The zero-order chi connectivity index (χ0) is 13.7. The molecule has 0 heterocycles. The highest BCUT2D eigenvalue weighted by atomic mass is 35.5. The van der Waals surface area contributed by atoms with Gasteiger partial charge < -0.3 is 15.7 Å². The monoisotopic (exact) mass is 270 g/mol. The number of halogens is 1. The van der Waals surface area contributed by atoms with Gasteiger partial charge >= 0.3 is 12.0 Å². The number of carbonyl (C=O) groups is 2. The lowest BCUT2D eigenvalue weighted by Crippen LogP contribution is -2.44. The molecule has 18 heavy (non-hydrogen) atoms. The van der Waals surface area contributed by atoms with Crippen LogP contribution >= 0.6 is 11.6 Å². The van der Waals surface area contributed by atoms with Crippen LogP contribution in [0.1, 0.15) is 18.1 Å². The number of nitrogens with one attached hydrogen (secondary N) is 2. The van der Waals surface area contributed by atoms with Crippen molar-refractivity contribution in [1.29, 1.82) is 0 Å². The number of amides is 2. The fourth-order valence-electron chi connectivity index (χ4n) is 1.28. The first kappa shape index (κ1) is 14.3. The van der Waals surface area contributed by atoms with Crippen LogP contribution in [0.4, 0.5) is 4.79 Å². The Labute approximate surface area is 110 Å². The van der Waals surface area contributed by atoms with Gasteiger partial charge in [-0.05, 0) is 31.0 Å². The normalized spacial score (nSPS) is 11.7. The summed E-state index contributed by atoms with van der Waals surface area (Å²) in [6.07, 6.45) is 0. The third-order valence-electron chi connectivity index (χ3n) is 2.37. The highest BCUT2D eigenvalue weighted by molar-refractivity contribution is 6.31. The molecule has 5 nitrogen and oxygen atoms in total. The van der Waals surface area contributed by atoms with Crippen LogP contribution in [0.5, 0.6) is 0 Å². The summed E-state index contributed by atoms with van der Waals surface area (Å²) in [6.45, 7) is 3.56. The molecular weight excluding hydrogens is 256 g/mol. The molecule has 0 aliphatic rings. The minimum absolute atomic E-state index is 0.247. The Morgan fingerprint density at radius 3 is 2.67 bits per heavy atom. The molecule has 0 bridgehead atoms. The molecule has 2 amide bonds. The van der Waals surface area contributed by atoms with E-state index >= 15 is 0 Å². The molecular formula is C12H15ClN2O3. The van der Waals surface area contributed by atoms with Gasteiger partial charge in [0.15, 0.2) is 0 Å². The largest absolute Gasteiger partial charge is 0.480 e. The molecule has 0 aliphatic heterocycles. The van der Waals surface area contributed by atoms with E-state index in [9.17, 15) is 9.59 Å². The van der Waals surface area contributed by atoms with Crippen LogP contribution in [-0.2, 0) is 11.3 Å². The predicted molar refractivity (Wildman–Crippen MR) is 68.7 cm³/mol. The summed E-state index contributed by atoms with van der Waals surface area (Å²) in [6, 6.07) is 4.04. The van der Waals surface area contributed by atoms with Gasteiger partial charge in [0.25, 0.3) is 0 Å². The van der Waals surface area contributed by atoms with E-state index in [0.717, 1.165) is 11.1 Å². The number of rotatable bonds is 4. The van der Waals surface area contributed by atoms with E-state index in [1.807, 2.05) is 19.1 Å². The molecule has 0 aromatic heterocycles. The number of carboxylic acids is 1. The SMILES string of the molecule is Cc1ccc(CNC(=O)NC(C)C(=O)O)c(Cl)c1. The Kier molecular flexibility index (Phi) is 4.97. The molecule has 3 N–H and O–H groups in total. The molecule has 98 valence electrons. The molecule has 0 saturated heterocycles. The van der Waals surface area contributed by atoms with Crippen LogP contribution < -0.4 is 10.6 Å². The van der Waals surface area contributed by atoms with E-state index in [2.05, 4.69) is 10.6 Å². The van der Waals surface area contributed by atoms with Gasteiger partial charge in [-0.25, -0.2) is 4.79 Å². The van der Waals surface area contributed by atoms with E-state index < -0.39 is 18.0 Å². The number of carbonyl (C=O) groups excluding carboxylic acids is 1. The van der Waals surface area contributed by atoms with Crippen molar-refractivity contribution in [1.82, 2.24) is 10.6 Å². The molecule has 0 saturated carbocycles. The molecule has 0 fully saturated rings. The van der Waals surface area contributed by atoms with Crippen molar-refractivity contribution < 1.29 is 14.7 Å². The molecule has 1 aromatic carbocycles. The standard InChI is InChI=1S/C12H15ClN2O3/c1-7-3-4-9(10(13)5-7)6-14-12(18)15-8(2)11(16)17/h3-5,8H,6H2,1-2H3,(H,16,17)(H2,14,15,18). The minimum Gasteiger partial charge on any atom is -0.480 e. The number of aryl methyl sites for hydroxylation is 1. The molecule has 0 aliphatic carbocycles. The third kappa shape index (κ3) is 4.25. The van der Waals surface area contributed by atoms with Crippen LogP contribution in [0.2, 0.25) is 5.02 Å². The van der Waals surface area contributed by atoms with Crippen LogP contribution in [0.3, 0.4) is 0 Å². The predicted octanol–water partition coefficient (Wildman–Crippen LogP) is 1.92. The van der Waals surface area contributed by atoms with Crippen molar-refractivity contribution in [3.05, 3.63) is 34.3 Å². The molecule has 6 heteroatoms. The summed E-state index contributed by atoms with van der Waals surface area (Å²) < 4.78 is 0. The van der Waals surface area contributed by atoms with Gasteiger partial charge in [0.2, 0.25) is 0 Å². The minimum atomic E-state index is -1.08. The number of hydrogen-bond acceptors (Lipinski definition) is 2. The van der Waals surface area contributed by atoms with Gasteiger partial charge in [-0.15, -0.1) is 0 Å². The number of urea groups is 1. The average Bonchev–Trinajstić information content (AvgIpc) is 2.27. The molecule has 1 rings (SSSR count). The van der Waals surface area contributed by atoms with Crippen molar-refractivity contribution in [3.63, 3.8) is 0 Å². The highest BCUT2D eigenvalue weighted by Gasteiger charge is 2.13. The molecule has 0 spiro atoms. The number of hydrogen-bond donors (Lipinski definition) is 3. The van der Waals surface area contributed by atoms with Gasteiger partial charge in [0.1, 0.15) is 6.04 Å². The number of carboxylic acid groups (broad SMARTS) is 1. The fourth-order valence-corrected chi connectivity index (χ4v) is 1.58. The smallest absolute Gasteiger partial charge is 0.325 e. The Morgan fingerprint density at radius 1 is 1.44 bits per heavy atom. The van der Waals surface area contributed by atoms with Gasteiger partial charge in [-0.3, -0.25) is 4.79 Å². The van der Waals surface area contributed by atoms with Crippen molar-refractivity contribution >= 4 is 23.6 Å². The molecule has 1 aromatic rings. The summed E-state index contributed by atoms with van der Waals surface area (Å²) in [5, 5.41) is 14.0. The Bertz CT molecular complexity index is 463. The van der Waals surface area contributed by atoms with Crippen LogP contribution in [0.25, 0.3) is 0 Å².